The van der Waals surface area contributed by atoms with Crippen LogP contribution in [0.25, 0.3) is 6.08 Å². The van der Waals surface area contributed by atoms with Gasteiger partial charge in [-0.2, -0.15) is 0 Å². The highest BCUT2D eigenvalue weighted by Crippen LogP contribution is 2.14. The molecule has 0 radical (unpaired) electrons. The predicted octanol–water partition coefficient (Wildman–Crippen LogP) is 1.37. The number of amides is 1. The molecule has 8 nitrogen and oxygen atoms in total. The van der Waals surface area contributed by atoms with E-state index in [0.717, 1.165) is 17.6 Å². The van der Waals surface area contributed by atoms with Crippen molar-refractivity contribution in [2.24, 2.45) is 0 Å². The van der Waals surface area contributed by atoms with Crippen molar-refractivity contribution in [2.75, 3.05) is 13.4 Å². The average Bonchev–Trinajstić information content (AvgIpc) is 3.04. The molecular formula is C15H17N3O5S. The summed E-state index contributed by atoms with van der Waals surface area (Å²) in [6.45, 7) is 1.61. The maximum absolute atomic E-state index is 11.9. The lowest BCUT2D eigenvalue weighted by Gasteiger charge is -2.07. The number of sulfone groups is 1. The Bertz CT molecular complexity index is 840. The number of hydrogen-bond acceptors (Lipinski definition) is 7. The van der Waals surface area contributed by atoms with Gasteiger partial charge in [0.2, 0.25) is 21.6 Å². The third-order valence-electron chi connectivity index (χ3n) is 3.01. The predicted molar refractivity (Wildman–Crippen MR) is 86.0 cm³/mol. The van der Waals surface area contributed by atoms with Crippen molar-refractivity contribution in [2.45, 2.75) is 18.2 Å². The smallest absolute Gasteiger partial charge is 0.335 e. The van der Waals surface area contributed by atoms with Gasteiger partial charge in [0.05, 0.1) is 7.11 Å². The van der Waals surface area contributed by atoms with E-state index >= 15 is 0 Å². The number of ether oxygens (including phenoxy) is 1. The maximum atomic E-state index is 11.9. The van der Waals surface area contributed by atoms with Crippen molar-refractivity contribution in [3.05, 3.63) is 41.8 Å². The zero-order valence-corrected chi connectivity index (χ0v) is 14.2. The molecule has 2 rings (SSSR count). The third-order valence-corrected chi connectivity index (χ3v) is 3.81. The topological polar surface area (TPSA) is 111 Å². The first-order valence-electron chi connectivity index (χ1n) is 6.95. The zero-order chi connectivity index (χ0) is 17.7. The van der Waals surface area contributed by atoms with Gasteiger partial charge in [0.1, 0.15) is 11.8 Å². The van der Waals surface area contributed by atoms with Crippen LogP contribution in [0, 0.1) is 0 Å². The molecule has 1 aromatic heterocycles. The van der Waals surface area contributed by atoms with Crippen molar-refractivity contribution in [3.63, 3.8) is 0 Å². The first kappa shape index (κ1) is 17.7. The summed E-state index contributed by atoms with van der Waals surface area (Å²) in [7, 11) is -2.00. The number of aromatic nitrogens is 2. The van der Waals surface area contributed by atoms with Gasteiger partial charge in [0.15, 0.2) is 0 Å². The molecule has 0 unspecified atom stereocenters. The SMILES string of the molecule is COc1ccc(/C=C/C(=O)N[C@@H](C)c2nnc(S(C)(=O)=O)o2)cc1. The normalized spacial score (nSPS) is 13.0. The monoisotopic (exact) mass is 351 g/mol. The molecule has 0 aliphatic heterocycles. The minimum absolute atomic E-state index is 0.0154. The number of nitrogens with one attached hydrogen (secondary N) is 1. The van der Waals surface area contributed by atoms with Crippen LogP contribution in [0.15, 0.2) is 40.0 Å². The lowest BCUT2D eigenvalue weighted by Crippen LogP contribution is -2.24. The van der Waals surface area contributed by atoms with E-state index in [9.17, 15) is 13.2 Å². The number of methoxy groups -OCH3 is 1. The molecule has 0 saturated heterocycles. The van der Waals surface area contributed by atoms with Crippen molar-refractivity contribution in [3.8, 4) is 5.75 Å². The molecule has 1 atom stereocenters. The highest BCUT2D eigenvalue weighted by Gasteiger charge is 2.20. The molecule has 2 aromatic rings. The van der Waals surface area contributed by atoms with Gasteiger partial charge in [0.25, 0.3) is 0 Å². The van der Waals surface area contributed by atoms with Gasteiger partial charge in [-0.3, -0.25) is 4.79 Å². The summed E-state index contributed by atoms with van der Waals surface area (Å²) in [5, 5.41) is 9.20. The molecule has 24 heavy (non-hydrogen) atoms. The second kappa shape index (κ2) is 7.26. The van der Waals surface area contributed by atoms with Crippen LogP contribution < -0.4 is 10.1 Å². The van der Waals surface area contributed by atoms with E-state index in [4.69, 9.17) is 9.15 Å². The van der Waals surface area contributed by atoms with Crippen molar-refractivity contribution in [1.29, 1.82) is 0 Å². The Labute approximate surface area is 139 Å². The van der Waals surface area contributed by atoms with Crippen LogP contribution in [-0.2, 0) is 14.6 Å². The Morgan fingerprint density at radius 2 is 1.96 bits per heavy atom. The van der Waals surface area contributed by atoms with Crippen LogP contribution in [-0.4, -0.2) is 37.9 Å². The summed E-state index contributed by atoms with van der Waals surface area (Å²) < 4.78 is 32.7. The number of carbonyl (C=O) groups is 1. The highest BCUT2D eigenvalue weighted by atomic mass is 32.2. The zero-order valence-electron chi connectivity index (χ0n) is 13.4. The molecule has 0 aliphatic rings. The quantitative estimate of drug-likeness (QED) is 0.782. The summed E-state index contributed by atoms with van der Waals surface area (Å²) >= 11 is 0. The van der Waals surface area contributed by atoms with Crippen LogP contribution in [0.4, 0.5) is 0 Å². The summed E-state index contributed by atoms with van der Waals surface area (Å²) in [6.07, 6.45) is 3.95. The standard InChI is InChI=1S/C15H17N3O5S/c1-10(14-17-18-15(23-14)24(3,20)21)16-13(19)9-6-11-4-7-12(22-2)8-5-11/h4-10H,1-3H3,(H,16,19)/b9-6+/t10-/m0/s1. The Kier molecular flexibility index (Phi) is 5.35. The summed E-state index contributed by atoms with van der Waals surface area (Å²) in [5.41, 5.74) is 0.829. The number of carbonyl (C=O) groups excluding carboxylic acids is 1. The molecule has 0 aliphatic carbocycles. The lowest BCUT2D eigenvalue weighted by molar-refractivity contribution is -0.117. The fourth-order valence-electron chi connectivity index (χ4n) is 1.76. The molecule has 0 spiro atoms. The van der Waals surface area contributed by atoms with Crippen molar-refractivity contribution < 1.29 is 22.4 Å². The van der Waals surface area contributed by atoms with Crippen LogP contribution in [0.1, 0.15) is 24.4 Å². The molecule has 128 valence electrons. The third kappa shape index (κ3) is 4.66. The van der Waals surface area contributed by atoms with E-state index in [-0.39, 0.29) is 11.8 Å². The Balaban J connectivity index is 1.98. The van der Waals surface area contributed by atoms with Gasteiger partial charge >= 0.3 is 5.22 Å². The van der Waals surface area contributed by atoms with E-state index in [1.54, 1.807) is 32.2 Å². The van der Waals surface area contributed by atoms with Crippen LogP contribution in [0.2, 0.25) is 0 Å². The van der Waals surface area contributed by atoms with E-state index in [0.29, 0.717) is 0 Å². The summed E-state index contributed by atoms with van der Waals surface area (Å²) in [4.78, 5) is 11.9. The Hall–Kier alpha value is -2.68. The lowest BCUT2D eigenvalue weighted by atomic mass is 10.2. The van der Waals surface area contributed by atoms with Crippen molar-refractivity contribution >= 4 is 21.8 Å². The van der Waals surface area contributed by atoms with Gasteiger partial charge in [0, 0.05) is 12.3 Å². The van der Waals surface area contributed by atoms with Crippen LogP contribution in [0.3, 0.4) is 0 Å². The van der Waals surface area contributed by atoms with E-state index in [1.165, 1.54) is 6.08 Å². The first-order valence-corrected chi connectivity index (χ1v) is 8.85. The highest BCUT2D eigenvalue weighted by molar-refractivity contribution is 7.90. The summed E-state index contributed by atoms with van der Waals surface area (Å²) in [6, 6.07) is 6.56. The molecule has 1 heterocycles. The minimum Gasteiger partial charge on any atom is -0.497 e. The van der Waals surface area contributed by atoms with E-state index in [2.05, 4.69) is 15.5 Å². The molecule has 0 saturated carbocycles. The fraction of sp³-hybridized carbons (Fsp3) is 0.267. The molecule has 1 amide bonds. The van der Waals surface area contributed by atoms with Gasteiger partial charge in [-0.1, -0.05) is 17.2 Å². The fourth-order valence-corrected chi connectivity index (χ4v) is 2.18. The van der Waals surface area contributed by atoms with Gasteiger partial charge in [-0.25, -0.2) is 8.42 Å². The maximum Gasteiger partial charge on any atom is 0.335 e. The number of benzene rings is 1. The van der Waals surface area contributed by atoms with Crippen molar-refractivity contribution in [1.82, 2.24) is 15.5 Å². The second-order valence-electron chi connectivity index (χ2n) is 5.02. The van der Waals surface area contributed by atoms with Gasteiger partial charge < -0.3 is 14.5 Å². The molecular weight excluding hydrogens is 334 g/mol. The molecule has 9 heteroatoms. The largest absolute Gasteiger partial charge is 0.497 e. The van der Waals surface area contributed by atoms with Gasteiger partial charge in [-0.15, -0.1) is 5.10 Å². The Morgan fingerprint density at radius 1 is 1.29 bits per heavy atom. The molecule has 0 bridgehead atoms. The van der Waals surface area contributed by atoms with E-state index < -0.39 is 21.1 Å². The van der Waals surface area contributed by atoms with Crippen LogP contribution in [0.5, 0.6) is 5.75 Å². The summed E-state index contributed by atoms with van der Waals surface area (Å²) in [5.74, 6) is 0.363. The minimum atomic E-state index is -3.57. The second-order valence-corrected chi connectivity index (χ2v) is 6.91. The number of hydrogen-bond donors (Lipinski definition) is 1. The molecule has 0 fully saturated rings. The van der Waals surface area contributed by atoms with Crippen LogP contribution >= 0.6 is 0 Å². The van der Waals surface area contributed by atoms with Gasteiger partial charge in [-0.05, 0) is 30.7 Å². The Morgan fingerprint density at radius 3 is 2.50 bits per heavy atom. The number of nitrogens with zero attached hydrogens (tertiary/aromatic N) is 2. The first-order chi connectivity index (χ1) is 11.3. The average molecular weight is 351 g/mol. The molecule has 1 aromatic carbocycles. The van der Waals surface area contributed by atoms with E-state index in [1.807, 2.05) is 12.1 Å². The number of rotatable bonds is 6. The molecule has 1 N–H and O–H groups in total.